The van der Waals surface area contributed by atoms with E-state index in [4.69, 9.17) is 10.5 Å². The van der Waals surface area contributed by atoms with E-state index in [0.29, 0.717) is 19.6 Å². The van der Waals surface area contributed by atoms with Gasteiger partial charge in [-0.3, -0.25) is 0 Å². The largest absolute Gasteiger partial charge is 0.383 e. The second-order valence-electron chi connectivity index (χ2n) is 5.64. The first kappa shape index (κ1) is 16.4. The zero-order valence-electron chi connectivity index (χ0n) is 12.6. The van der Waals surface area contributed by atoms with Crippen LogP contribution in [0.1, 0.15) is 18.4 Å². The fourth-order valence-electron chi connectivity index (χ4n) is 2.93. The average Bonchev–Trinajstić information content (AvgIpc) is 2.93. The van der Waals surface area contributed by atoms with Gasteiger partial charge in [0.05, 0.1) is 11.9 Å². The van der Waals surface area contributed by atoms with E-state index < -0.39 is 15.3 Å². The minimum absolute atomic E-state index is 0.164. The van der Waals surface area contributed by atoms with Crippen LogP contribution in [0.3, 0.4) is 0 Å². The van der Waals surface area contributed by atoms with E-state index in [0.717, 1.165) is 5.56 Å². The summed E-state index contributed by atoms with van der Waals surface area (Å²) in [5.41, 5.74) is 7.01. The van der Waals surface area contributed by atoms with Gasteiger partial charge in [0.15, 0.2) is 0 Å². The molecular formula is C15H24N2O3S. The van der Waals surface area contributed by atoms with Crippen LogP contribution >= 0.6 is 0 Å². The van der Waals surface area contributed by atoms with E-state index in [1.165, 1.54) is 7.11 Å². The molecule has 6 heteroatoms. The third kappa shape index (κ3) is 3.45. The van der Waals surface area contributed by atoms with E-state index in [1.807, 2.05) is 30.3 Å². The van der Waals surface area contributed by atoms with Crippen molar-refractivity contribution in [2.75, 3.05) is 33.4 Å². The Morgan fingerprint density at radius 2 is 2.00 bits per heavy atom. The predicted octanol–water partition coefficient (Wildman–Crippen LogP) is 1.03. The molecule has 1 aromatic rings. The highest BCUT2D eigenvalue weighted by molar-refractivity contribution is 7.89. The molecule has 5 nitrogen and oxygen atoms in total. The molecule has 21 heavy (non-hydrogen) atoms. The molecule has 118 valence electrons. The highest BCUT2D eigenvalue weighted by atomic mass is 32.2. The van der Waals surface area contributed by atoms with Crippen LogP contribution in [-0.4, -0.2) is 51.3 Å². The maximum Gasteiger partial charge on any atom is 0.219 e. The molecular weight excluding hydrogens is 288 g/mol. The van der Waals surface area contributed by atoms with Crippen LogP contribution in [0, 0.1) is 5.92 Å². The number of sulfonamides is 1. The van der Waals surface area contributed by atoms with E-state index in [-0.39, 0.29) is 18.4 Å². The van der Waals surface area contributed by atoms with Gasteiger partial charge in [-0.05, 0) is 24.9 Å². The Morgan fingerprint density at radius 1 is 1.33 bits per heavy atom. The second kappa shape index (κ2) is 6.87. The molecule has 1 unspecified atom stereocenters. The van der Waals surface area contributed by atoms with Gasteiger partial charge in [-0.15, -0.1) is 0 Å². The normalized spacial score (nSPS) is 25.1. The molecule has 2 rings (SSSR count). The van der Waals surface area contributed by atoms with Crippen LogP contribution in [0.2, 0.25) is 0 Å². The summed E-state index contributed by atoms with van der Waals surface area (Å²) in [6.07, 6.45) is 0. The highest BCUT2D eigenvalue weighted by Crippen LogP contribution is 2.34. The van der Waals surface area contributed by atoms with Crippen LogP contribution < -0.4 is 5.73 Å². The smallest absolute Gasteiger partial charge is 0.219 e. The van der Waals surface area contributed by atoms with E-state index in [9.17, 15) is 8.42 Å². The van der Waals surface area contributed by atoms with Gasteiger partial charge in [0.2, 0.25) is 10.0 Å². The molecule has 1 aliphatic heterocycles. The molecule has 0 saturated carbocycles. The van der Waals surface area contributed by atoms with Gasteiger partial charge in [0.25, 0.3) is 0 Å². The fourth-order valence-corrected chi connectivity index (χ4v) is 4.52. The van der Waals surface area contributed by atoms with Crippen LogP contribution in [0.5, 0.6) is 0 Å². The third-order valence-electron chi connectivity index (χ3n) is 4.21. The van der Waals surface area contributed by atoms with Crippen molar-refractivity contribution in [3.05, 3.63) is 35.9 Å². The third-order valence-corrected chi connectivity index (χ3v) is 6.38. The van der Waals surface area contributed by atoms with E-state index in [2.05, 4.69) is 0 Å². The number of ether oxygens (including phenoxy) is 1. The van der Waals surface area contributed by atoms with Crippen LogP contribution in [0.4, 0.5) is 0 Å². The molecule has 1 aliphatic rings. The first-order valence-electron chi connectivity index (χ1n) is 7.23. The van der Waals surface area contributed by atoms with Crippen molar-refractivity contribution in [1.82, 2.24) is 4.31 Å². The Morgan fingerprint density at radius 3 is 2.57 bits per heavy atom. The summed E-state index contributed by atoms with van der Waals surface area (Å²) in [7, 11) is -1.81. The predicted molar refractivity (Wildman–Crippen MR) is 83.6 cm³/mol. The Labute approximate surface area is 127 Å². The maximum atomic E-state index is 12.6. The number of nitrogens with zero attached hydrogens (tertiary/aromatic N) is 1. The molecule has 1 saturated heterocycles. The Bertz CT molecular complexity index is 547. The first-order chi connectivity index (χ1) is 10.0. The molecule has 0 amide bonds. The van der Waals surface area contributed by atoms with Crippen LogP contribution in [0.25, 0.3) is 0 Å². The quantitative estimate of drug-likeness (QED) is 0.851. The molecule has 2 N–H and O–H groups in total. The summed E-state index contributed by atoms with van der Waals surface area (Å²) in [4.78, 5) is 0. The van der Waals surface area contributed by atoms with Crippen molar-refractivity contribution in [2.45, 2.75) is 18.1 Å². The minimum Gasteiger partial charge on any atom is -0.383 e. The monoisotopic (exact) mass is 312 g/mol. The van der Waals surface area contributed by atoms with Gasteiger partial charge in [0, 0.05) is 26.1 Å². The molecule has 1 heterocycles. The lowest BCUT2D eigenvalue weighted by Crippen LogP contribution is -2.38. The summed E-state index contributed by atoms with van der Waals surface area (Å²) in [5.74, 6) is 0.331. The molecule has 0 bridgehead atoms. The van der Waals surface area contributed by atoms with Crippen molar-refractivity contribution in [3.8, 4) is 0 Å². The van der Waals surface area contributed by atoms with Gasteiger partial charge in [-0.25, -0.2) is 12.7 Å². The Hall–Kier alpha value is -0.950. The summed E-state index contributed by atoms with van der Waals surface area (Å²) in [6.45, 7) is 3.38. The second-order valence-corrected chi connectivity index (χ2v) is 7.99. The number of hydrogen-bond donors (Lipinski definition) is 1. The van der Waals surface area contributed by atoms with Crippen molar-refractivity contribution >= 4 is 10.0 Å². The zero-order valence-corrected chi connectivity index (χ0v) is 13.4. The topological polar surface area (TPSA) is 72.6 Å². The van der Waals surface area contributed by atoms with Crippen molar-refractivity contribution in [3.63, 3.8) is 0 Å². The summed E-state index contributed by atoms with van der Waals surface area (Å²) in [5, 5.41) is -0.532. The summed E-state index contributed by atoms with van der Waals surface area (Å²) >= 11 is 0. The maximum absolute atomic E-state index is 12.6. The average molecular weight is 312 g/mol. The number of benzene rings is 1. The van der Waals surface area contributed by atoms with Gasteiger partial charge in [-0.2, -0.15) is 0 Å². The first-order valence-corrected chi connectivity index (χ1v) is 8.74. The molecule has 0 radical (unpaired) electrons. The number of nitrogens with two attached hydrogens (primary N) is 1. The number of rotatable bonds is 6. The van der Waals surface area contributed by atoms with Crippen LogP contribution in [0.15, 0.2) is 30.3 Å². The molecule has 0 spiro atoms. The SMILES string of the molecule is COCC(C)S(=O)(=O)N1C[C@@H](CN)[C@H](c2ccccc2)C1. The molecule has 1 fully saturated rings. The summed E-state index contributed by atoms with van der Waals surface area (Å²) < 4.78 is 31.7. The van der Waals surface area contributed by atoms with Crippen molar-refractivity contribution < 1.29 is 13.2 Å². The molecule has 0 aliphatic carbocycles. The Balaban J connectivity index is 2.19. The minimum atomic E-state index is -3.33. The Kier molecular flexibility index (Phi) is 5.37. The lowest BCUT2D eigenvalue weighted by Gasteiger charge is -2.21. The standard InChI is InChI=1S/C15H24N2O3S/c1-12(11-20-2)21(18,19)17-9-14(8-16)15(10-17)13-6-4-3-5-7-13/h3-7,12,14-15H,8-11,16H2,1-2H3/t12?,14-,15+/m1/s1. The molecule has 0 aromatic heterocycles. The van der Waals surface area contributed by atoms with Crippen molar-refractivity contribution in [2.24, 2.45) is 11.7 Å². The highest BCUT2D eigenvalue weighted by Gasteiger charge is 2.40. The van der Waals surface area contributed by atoms with E-state index >= 15 is 0 Å². The van der Waals surface area contributed by atoms with Gasteiger partial charge < -0.3 is 10.5 Å². The lowest BCUT2D eigenvalue weighted by molar-refractivity contribution is 0.198. The van der Waals surface area contributed by atoms with Crippen molar-refractivity contribution in [1.29, 1.82) is 0 Å². The van der Waals surface area contributed by atoms with Gasteiger partial charge >= 0.3 is 0 Å². The zero-order chi connectivity index (χ0) is 15.5. The molecule has 3 atom stereocenters. The van der Waals surface area contributed by atoms with Crippen LogP contribution in [-0.2, 0) is 14.8 Å². The number of methoxy groups -OCH3 is 1. The van der Waals surface area contributed by atoms with Gasteiger partial charge in [-0.1, -0.05) is 30.3 Å². The fraction of sp³-hybridized carbons (Fsp3) is 0.600. The molecule has 1 aromatic carbocycles. The lowest BCUT2D eigenvalue weighted by atomic mass is 9.89. The van der Waals surface area contributed by atoms with Gasteiger partial charge in [0.1, 0.15) is 0 Å². The number of hydrogen-bond acceptors (Lipinski definition) is 4. The van der Waals surface area contributed by atoms with E-state index in [1.54, 1.807) is 11.2 Å². The summed E-state index contributed by atoms with van der Waals surface area (Å²) in [6, 6.07) is 10.0.